The fraction of sp³-hybridized carbons (Fsp3) is 0.444. The van der Waals surface area contributed by atoms with E-state index in [1.165, 1.54) is 19.9 Å². The van der Waals surface area contributed by atoms with Crippen LogP contribution in [0.1, 0.15) is 40.2 Å². The predicted molar refractivity (Wildman–Crippen MR) is 92.6 cm³/mol. The SMILES string of the molecule is CCOc1cc(C=C2C(=O)OC(C)(C)OC2=O)c(Cl)cc1OC(C)C. The molecule has 1 heterocycles. The molecule has 0 unspecified atom stereocenters. The summed E-state index contributed by atoms with van der Waals surface area (Å²) in [7, 11) is 0. The van der Waals surface area contributed by atoms with Gasteiger partial charge in [0.05, 0.1) is 17.7 Å². The quantitative estimate of drug-likeness (QED) is 0.448. The average molecular weight is 369 g/mol. The second kappa shape index (κ2) is 7.35. The van der Waals surface area contributed by atoms with E-state index >= 15 is 0 Å². The summed E-state index contributed by atoms with van der Waals surface area (Å²) >= 11 is 6.27. The van der Waals surface area contributed by atoms with E-state index in [-0.39, 0.29) is 11.7 Å². The van der Waals surface area contributed by atoms with Crippen LogP contribution in [0.25, 0.3) is 6.08 Å². The molecule has 0 aliphatic carbocycles. The third-order valence-electron chi connectivity index (χ3n) is 3.14. The molecule has 1 aromatic rings. The molecule has 0 amide bonds. The summed E-state index contributed by atoms with van der Waals surface area (Å²) in [4.78, 5) is 24.1. The highest BCUT2D eigenvalue weighted by Crippen LogP contribution is 2.36. The van der Waals surface area contributed by atoms with Crippen molar-refractivity contribution in [3.8, 4) is 11.5 Å². The van der Waals surface area contributed by atoms with Gasteiger partial charge in [-0.3, -0.25) is 0 Å². The van der Waals surface area contributed by atoms with Crippen LogP contribution in [0.4, 0.5) is 0 Å². The molecule has 136 valence electrons. The average Bonchev–Trinajstić information content (AvgIpc) is 2.45. The van der Waals surface area contributed by atoms with Gasteiger partial charge in [0.2, 0.25) is 0 Å². The van der Waals surface area contributed by atoms with E-state index in [1.807, 2.05) is 20.8 Å². The number of rotatable bonds is 5. The summed E-state index contributed by atoms with van der Waals surface area (Å²) in [5.41, 5.74) is 0.186. The highest BCUT2D eigenvalue weighted by Gasteiger charge is 2.39. The van der Waals surface area contributed by atoms with Crippen molar-refractivity contribution in [1.82, 2.24) is 0 Å². The Bertz CT molecular complexity index is 699. The van der Waals surface area contributed by atoms with E-state index in [0.717, 1.165) is 0 Å². The van der Waals surface area contributed by atoms with E-state index in [2.05, 4.69) is 0 Å². The molecule has 1 aromatic carbocycles. The molecule has 1 saturated heterocycles. The second-order valence-corrected chi connectivity index (χ2v) is 6.56. The van der Waals surface area contributed by atoms with Gasteiger partial charge < -0.3 is 18.9 Å². The van der Waals surface area contributed by atoms with Gasteiger partial charge in [-0.1, -0.05) is 11.6 Å². The summed E-state index contributed by atoms with van der Waals surface area (Å²) in [5, 5.41) is 0.303. The van der Waals surface area contributed by atoms with Crippen molar-refractivity contribution in [2.24, 2.45) is 0 Å². The van der Waals surface area contributed by atoms with Crippen LogP contribution in [-0.2, 0) is 19.1 Å². The van der Waals surface area contributed by atoms with E-state index in [9.17, 15) is 9.59 Å². The topological polar surface area (TPSA) is 71.1 Å². The van der Waals surface area contributed by atoms with Gasteiger partial charge in [0, 0.05) is 19.9 Å². The van der Waals surface area contributed by atoms with Crippen molar-refractivity contribution < 1.29 is 28.5 Å². The summed E-state index contributed by atoms with van der Waals surface area (Å²) in [5.74, 6) is -1.87. The molecular weight excluding hydrogens is 348 g/mol. The van der Waals surface area contributed by atoms with E-state index < -0.39 is 17.7 Å². The maximum absolute atomic E-state index is 12.1. The lowest BCUT2D eigenvalue weighted by Crippen LogP contribution is -2.41. The molecule has 7 heteroatoms. The Morgan fingerprint density at radius 3 is 2.28 bits per heavy atom. The van der Waals surface area contributed by atoms with Crippen molar-refractivity contribution in [2.45, 2.75) is 46.5 Å². The van der Waals surface area contributed by atoms with Gasteiger partial charge in [0.1, 0.15) is 5.57 Å². The Morgan fingerprint density at radius 1 is 1.16 bits per heavy atom. The Morgan fingerprint density at radius 2 is 1.76 bits per heavy atom. The van der Waals surface area contributed by atoms with Crippen molar-refractivity contribution in [3.05, 3.63) is 28.3 Å². The van der Waals surface area contributed by atoms with Gasteiger partial charge in [-0.2, -0.15) is 0 Å². The van der Waals surface area contributed by atoms with Gasteiger partial charge in [-0.25, -0.2) is 9.59 Å². The molecule has 0 bridgehead atoms. The van der Waals surface area contributed by atoms with E-state index in [4.69, 9.17) is 30.5 Å². The van der Waals surface area contributed by atoms with Crippen molar-refractivity contribution >= 4 is 29.6 Å². The monoisotopic (exact) mass is 368 g/mol. The number of ether oxygens (including phenoxy) is 4. The van der Waals surface area contributed by atoms with Crippen LogP contribution in [0.2, 0.25) is 5.02 Å². The van der Waals surface area contributed by atoms with E-state index in [0.29, 0.717) is 28.7 Å². The van der Waals surface area contributed by atoms with Crippen molar-refractivity contribution in [1.29, 1.82) is 0 Å². The largest absolute Gasteiger partial charge is 0.490 e. The summed E-state index contributed by atoms with van der Waals surface area (Å²) in [6.45, 7) is 8.99. The highest BCUT2D eigenvalue weighted by atomic mass is 35.5. The third kappa shape index (κ3) is 4.66. The normalized spacial score (nSPS) is 16.4. The van der Waals surface area contributed by atoms with Gasteiger partial charge >= 0.3 is 11.9 Å². The van der Waals surface area contributed by atoms with Gasteiger partial charge in [0.15, 0.2) is 11.5 Å². The van der Waals surface area contributed by atoms with Gasteiger partial charge in [-0.05, 0) is 38.5 Å². The third-order valence-corrected chi connectivity index (χ3v) is 3.47. The molecule has 25 heavy (non-hydrogen) atoms. The van der Waals surface area contributed by atoms with Crippen molar-refractivity contribution in [3.63, 3.8) is 0 Å². The molecule has 1 aliphatic rings. The molecule has 0 saturated carbocycles. The number of hydrogen-bond donors (Lipinski definition) is 0. The van der Waals surface area contributed by atoms with Crippen LogP contribution in [0.5, 0.6) is 11.5 Å². The molecule has 0 N–H and O–H groups in total. The van der Waals surface area contributed by atoms with Crippen LogP contribution in [0.3, 0.4) is 0 Å². The zero-order valence-electron chi connectivity index (χ0n) is 14.8. The van der Waals surface area contributed by atoms with Crippen LogP contribution in [0.15, 0.2) is 17.7 Å². The number of benzene rings is 1. The molecule has 6 nitrogen and oxygen atoms in total. The first-order valence-corrected chi connectivity index (χ1v) is 8.32. The van der Waals surface area contributed by atoms with E-state index in [1.54, 1.807) is 12.1 Å². The van der Waals surface area contributed by atoms with Crippen LogP contribution in [0, 0.1) is 0 Å². The van der Waals surface area contributed by atoms with Gasteiger partial charge in [0.25, 0.3) is 5.79 Å². The number of hydrogen-bond acceptors (Lipinski definition) is 6. The molecule has 0 aromatic heterocycles. The van der Waals surface area contributed by atoms with Crippen molar-refractivity contribution in [2.75, 3.05) is 6.61 Å². The lowest BCUT2D eigenvalue weighted by atomic mass is 10.1. The Balaban J connectivity index is 2.43. The molecule has 0 atom stereocenters. The van der Waals surface area contributed by atoms with Crippen LogP contribution in [-0.4, -0.2) is 30.4 Å². The standard InChI is InChI=1S/C18H21ClO6/c1-6-22-14-8-11(13(19)9-15(14)23-10(2)3)7-12-16(20)24-18(4,5)25-17(12)21/h7-10H,6H2,1-5H3. The summed E-state index contributed by atoms with van der Waals surface area (Å²) < 4.78 is 21.4. The lowest BCUT2D eigenvalue weighted by Gasteiger charge is -2.29. The maximum atomic E-state index is 12.1. The number of cyclic esters (lactones) is 2. The Labute approximate surface area is 151 Å². The first-order chi connectivity index (χ1) is 11.6. The molecule has 0 spiro atoms. The smallest absolute Gasteiger partial charge is 0.348 e. The number of carbonyl (C=O) groups excluding carboxylic acids is 2. The number of esters is 2. The molecular formula is C18H21ClO6. The summed E-state index contributed by atoms with van der Waals surface area (Å²) in [6.07, 6.45) is 1.26. The molecule has 1 aliphatic heterocycles. The zero-order valence-corrected chi connectivity index (χ0v) is 15.6. The first-order valence-electron chi connectivity index (χ1n) is 7.94. The minimum atomic E-state index is -1.29. The first kappa shape index (κ1) is 19.1. The maximum Gasteiger partial charge on any atom is 0.348 e. The Hall–Kier alpha value is -2.21. The fourth-order valence-corrected chi connectivity index (χ4v) is 2.42. The predicted octanol–water partition coefficient (Wildman–Crippen LogP) is 3.75. The van der Waals surface area contributed by atoms with Crippen LogP contribution >= 0.6 is 11.6 Å². The molecule has 2 rings (SSSR count). The van der Waals surface area contributed by atoms with Crippen LogP contribution < -0.4 is 9.47 Å². The molecule has 1 fully saturated rings. The fourth-order valence-electron chi connectivity index (χ4n) is 2.21. The number of carbonyl (C=O) groups is 2. The zero-order chi connectivity index (χ0) is 18.8. The second-order valence-electron chi connectivity index (χ2n) is 6.16. The Kier molecular flexibility index (Phi) is 5.62. The highest BCUT2D eigenvalue weighted by molar-refractivity contribution is 6.32. The lowest BCUT2D eigenvalue weighted by molar-refractivity contribution is -0.222. The molecule has 0 radical (unpaired) electrons. The minimum absolute atomic E-state index is 0.0648. The number of halogens is 1. The summed E-state index contributed by atoms with van der Waals surface area (Å²) in [6, 6.07) is 3.19. The minimum Gasteiger partial charge on any atom is -0.490 e. The van der Waals surface area contributed by atoms with Gasteiger partial charge in [-0.15, -0.1) is 0 Å².